The number of unbranched alkanes of at least 4 members (excludes halogenated alkanes) is 1. The van der Waals surface area contributed by atoms with Crippen molar-refractivity contribution in [3.63, 3.8) is 0 Å². The zero-order valence-corrected chi connectivity index (χ0v) is 16.6. The van der Waals surface area contributed by atoms with Gasteiger partial charge in [-0.1, -0.05) is 6.42 Å². The van der Waals surface area contributed by atoms with Crippen molar-refractivity contribution in [3.05, 3.63) is 0 Å². The second kappa shape index (κ2) is 18.5. The molecule has 0 saturated heterocycles. The minimum Gasteiger partial charge on any atom is -0.385 e. The molecule has 0 unspecified atom stereocenters. The molecule has 0 amide bonds. The Morgan fingerprint density at radius 3 is 1.24 bits per heavy atom. The van der Waals surface area contributed by atoms with Crippen LogP contribution in [0.25, 0.3) is 0 Å². The third-order valence-corrected chi connectivity index (χ3v) is 3.83. The Morgan fingerprint density at radius 1 is 0.480 bits per heavy atom. The molecule has 0 radical (unpaired) electrons. The third-order valence-electron chi connectivity index (χ3n) is 3.83. The summed E-state index contributed by atoms with van der Waals surface area (Å²) in [7, 11) is 6.73. The molecule has 0 aromatic heterocycles. The lowest BCUT2D eigenvalue weighted by Gasteiger charge is -2.33. The summed E-state index contributed by atoms with van der Waals surface area (Å²) in [5.41, 5.74) is -0.192. The van der Waals surface area contributed by atoms with E-state index in [1.807, 2.05) is 0 Å². The lowest BCUT2D eigenvalue weighted by atomic mass is 9.85. The van der Waals surface area contributed by atoms with E-state index in [1.165, 1.54) is 0 Å². The number of hydrogen-bond acceptors (Lipinski definition) is 7. The molecule has 0 rings (SSSR count). The van der Waals surface area contributed by atoms with Crippen molar-refractivity contribution >= 4 is 0 Å². The Labute approximate surface area is 153 Å². The quantitative estimate of drug-likeness (QED) is 0.304. The predicted octanol–water partition coefficient (Wildman–Crippen LogP) is 1.78. The van der Waals surface area contributed by atoms with Gasteiger partial charge >= 0.3 is 0 Å². The molecule has 0 fully saturated rings. The van der Waals surface area contributed by atoms with Gasteiger partial charge in [-0.25, -0.2) is 0 Å². The molecule has 0 aromatic carbocycles. The largest absolute Gasteiger partial charge is 0.385 e. The minimum atomic E-state index is -0.192. The van der Waals surface area contributed by atoms with E-state index in [2.05, 4.69) is 0 Å². The van der Waals surface area contributed by atoms with Crippen LogP contribution >= 0.6 is 0 Å². The van der Waals surface area contributed by atoms with Gasteiger partial charge in [0, 0.05) is 40.5 Å². The van der Waals surface area contributed by atoms with Crippen molar-refractivity contribution in [1.29, 1.82) is 0 Å². The SMILES string of the molecule is COCCCCC(COCCOC)(COCCOC)COCCOC. The first kappa shape index (κ1) is 24.7. The zero-order valence-electron chi connectivity index (χ0n) is 16.6. The van der Waals surface area contributed by atoms with Crippen molar-refractivity contribution in [2.45, 2.75) is 19.3 Å². The molecule has 7 heteroatoms. The van der Waals surface area contributed by atoms with Gasteiger partial charge in [0.05, 0.1) is 59.5 Å². The molecule has 0 atom stereocenters. The molecule has 0 N–H and O–H groups in total. The van der Waals surface area contributed by atoms with Gasteiger partial charge in [0.15, 0.2) is 0 Å². The normalized spacial score (nSPS) is 12.0. The van der Waals surface area contributed by atoms with Gasteiger partial charge in [0.25, 0.3) is 0 Å². The van der Waals surface area contributed by atoms with Crippen molar-refractivity contribution in [1.82, 2.24) is 0 Å². The topological polar surface area (TPSA) is 64.6 Å². The Hall–Kier alpha value is -0.280. The minimum absolute atomic E-state index is 0.192. The maximum Gasteiger partial charge on any atom is 0.0700 e. The van der Waals surface area contributed by atoms with Gasteiger partial charge < -0.3 is 33.2 Å². The van der Waals surface area contributed by atoms with Gasteiger partial charge in [-0.3, -0.25) is 0 Å². The highest BCUT2D eigenvalue weighted by atomic mass is 16.5. The molecule has 0 spiro atoms. The van der Waals surface area contributed by atoms with E-state index >= 15 is 0 Å². The highest BCUT2D eigenvalue weighted by Gasteiger charge is 2.31. The van der Waals surface area contributed by atoms with Crippen molar-refractivity contribution < 1.29 is 33.2 Å². The fourth-order valence-electron chi connectivity index (χ4n) is 2.38. The molecule has 0 aliphatic heterocycles. The molecule has 152 valence electrons. The molecule has 0 heterocycles. The molecular weight excluding hydrogens is 328 g/mol. The van der Waals surface area contributed by atoms with Gasteiger partial charge in [-0.05, 0) is 12.8 Å². The van der Waals surface area contributed by atoms with E-state index in [4.69, 9.17) is 33.2 Å². The maximum absolute atomic E-state index is 5.83. The van der Waals surface area contributed by atoms with Crippen LogP contribution in [0.15, 0.2) is 0 Å². The van der Waals surface area contributed by atoms with Crippen molar-refractivity contribution in [2.75, 3.05) is 94.5 Å². The first-order chi connectivity index (χ1) is 12.2. The third kappa shape index (κ3) is 14.6. The second-order valence-corrected chi connectivity index (χ2v) is 6.09. The van der Waals surface area contributed by atoms with Crippen LogP contribution in [0.2, 0.25) is 0 Å². The summed E-state index contributed by atoms with van der Waals surface area (Å²) in [5.74, 6) is 0. The van der Waals surface area contributed by atoms with E-state index in [9.17, 15) is 0 Å². The smallest absolute Gasteiger partial charge is 0.0700 e. The fourth-order valence-corrected chi connectivity index (χ4v) is 2.38. The summed E-state index contributed by atoms with van der Waals surface area (Å²) >= 11 is 0. The van der Waals surface area contributed by atoms with Gasteiger partial charge in [-0.15, -0.1) is 0 Å². The monoisotopic (exact) mass is 366 g/mol. The van der Waals surface area contributed by atoms with Crippen LogP contribution < -0.4 is 0 Å². The van der Waals surface area contributed by atoms with Crippen LogP contribution in [-0.4, -0.2) is 94.5 Å². The van der Waals surface area contributed by atoms with E-state index in [-0.39, 0.29) is 5.41 Å². The Kier molecular flexibility index (Phi) is 18.3. The van der Waals surface area contributed by atoms with Crippen molar-refractivity contribution in [2.24, 2.45) is 5.41 Å². The summed E-state index contributed by atoms with van der Waals surface area (Å²) in [6.45, 7) is 5.90. The highest BCUT2D eigenvalue weighted by molar-refractivity contribution is 4.79. The number of ether oxygens (including phenoxy) is 7. The van der Waals surface area contributed by atoms with E-state index in [0.717, 1.165) is 25.9 Å². The molecule has 0 aromatic rings. The van der Waals surface area contributed by atoms with Gasteiger partial charge in [0.1, 0.15) is 0 Å². The summed E-state index contributed by atoms with van der Waals surface area (Å²) < 4.78 is 37.8. The molecule has 0 bridgehead atoms. The van der Waals surface area contributed by atoms with E-state index in [0.29, 0.717) is 59.5 Å². The molecule has 7 nitrogen and oxygen atoms in total. The van der Waals surface area contributed by atoms with Crippen LogP contribution in [-0.2, 0) is 33.2 Å². The number of hydrogen-bond donors (Lipinski definition) is 0. The van der Waals surface area contributed by atoms with Crippen LogP contribution in [0.1, 0.15) is 19.3 Å². The van der Waals surface area contributed by atoms with Crippen LogP contribution in [0.4, 0.5) is 0 Å². The first-order valence-electron chi connectivity index (χ1n) is 8.93. The lowest BCUT2D eigenvalue weighted by molar-refractivity contribution is -0.0884. The van der Waals surface area contributed by atoms with Crippen LogP contribution in [0.3, 0.4) is 0 Å². The summed E-state index contributed by atoms with van der Waals surface area (Å²) in [5, 5.41) is 0. The average Bonchev–Trinajstić information content (AvgIpc) is 2.63. The molecule has 0 aliphatic carbocycles. The predicted molar refractivity (Wildman–Crippen MR) is 96.2 cm³/mol. The number of methoxy groups -OCH3 is 4. The molecular formula is C18H38O7. The fraction of sp³-hybridized carbons (Fsp3) is 1.00. The Morgan fingerprint density at radius 2 is 0.880 bits per heavy atom. The lowest BCUT2D eigenvalue weighted by Crippen LogP contribution is -2.38. The summed E-state index contributed by atoms with van der Waals surface area (Å²) in [4.78, 5) is 0. The van der Waals surface area contributed by atoms with Crippen LogP contribution in [0.5, 0.6) is 0 Å². The Balaban J connectivity index is 4.62. The molecule has 0 saturated carbocycles. The molecule has 0 aliphatic rings. The van der Waals surface area contributed by atoms with Crippen molar-refractivity contribution in [3.8, 4) is 0 Å². The van der Waals surface area contributed by atoms with E-state index in [1.54, 1.807) is 28.4 Å². The van der Waals surface area contributed by atoms with Crippen LogP contribution in [0, 0.1) is 5.41 Å². The maximum atomic E-state index is 5.83. The first-order valence-corrected chi connectivity index (χ1v) is 8.93. The highest BCUT2D eigenvalue weighted by Crippen LogP contribution is 2.27. The Bertz CT molecular complexity index is 210. The average molecular weight is 366 g/mol. The molecule has 25 heavy (non-hydrogen) atoms. The zero-order chi connectivity index (χ0) is 18.6. The standard InChI is InChI=1S/C18H38O7/c1-19-8-6-5-7-18(15-23-12-9-20-2,16-24-13-10-21-3)17-25-14-11-22-4/h5-17H2,1-4H3. The summed E-state index contributed by atoms with van der Waals surface area (Å²) in [6, 6.07) is 0. The number of rotatable bonds is 20. The second-order valence-electron chi connectivity index (χ2n) is 6.09. The van der Waals surface area contributed by atoms with Gasteiger partial charge in [-0.2, -0.15) is 0 Å². The van der Waals surface area contributed by atoms with Gasteiger partial charge in [0.2, 0.25) is 0 Å². The van der Waals surface area contributed by atoms with E-state index < -0.39 is 0 Å². The summed E-state index contributed by atoms with van der Waals surface area (Å²) in [6.07, 6.45) is 2.98.